The molecule has 2 aromatic rings. The van der Waals surface area contributed by atoms with Crippen molar-refractivity contribution in [3.05, 3.63) is 53.6 Å². The molecule has 4 rings (SSSR count). The van der Waals surface area contributed by atoms with E-state index < -0.39 is 0 Å². The number of urea groups is 1. The lowest BCUT2D eigenvalue weighted by Crippen LogP contribution is -2.36. The maximum Gasteiger partial charge on any atom is 0.323 e. The Morgan fingerprint density at radius 1 is 1.00 bits per heavy atom. The summed E-state index contributed by atoms with van der Waals surface area (Å²) in [7, 11) is 1.60. The highest BCUT2D eigenvalue weighted by Gasteiger charge is 2.34. The topological polar surface area (TPSA) is 70.7 Å². The van der Waals surface area contributed by atoms with Gasteiger partial charge in [0.15, 0.2) is 0 Å². The lowest BCUT2D eigenvalue weighted by Gasteiger charge is -2.29. The van der Waals surface area contributed by atoms with Crippen molar-refractivity contribution in [2.45, 2.75) is 25.8 Å². The summed E-state index contributed by atoms with van der Waals surface area (Å²) in [6.45, 7) is 1.41. The molecule has 1 aliphatic heterocycles. The van der Waals surface area contributed by atoms with Crippen LogP contribution < -0.4 is 15.4 Å². The first-order chi connectivity index (χ1) is 13.1. The molecule has 0 unspecified atom stereocenters. The molecule has 1 saturated carbocycles. The minimum Gasteiger partial charge on any atom is -0.497 e. The van der Waals surface area contributed by atoms with Crippen molar-refractivity contribution in [2.75, 3.05) is 24.3 Å². The summed E-state index contributed by atoms with van der Waals surface area (Å²) in [5.41, 5.74) is 3.77. The van der Waals surface area contributed by atoms with Crippen LogP contribution in [0.1, 0.15) is 24.0 Å². The number of amides is 3. The fourth-order valence-corrected chi connectivity index (χ4v) is 3.38. The second-order valence-electron chi connectivity index (χ2n) is 7.08. The van der Waals surface area contributed by atoms with Gasteiger partial charge < -0.3 is 20.3 Å². The van der Waals surface area contributed by atoms with Crippen molar-refractivity contribution in [3.63, 3.8) is 0 Å². The number of hydrogen-bond donors (Lipinski definition) is 2. The second kappa shape index (κ2) is 7.31. The quantitative estimate of drug-likeness (QED) is 0.869. The summed E-state index contributed by atoms with van der Waals surface area (Å²) < 4.78 is 5.11. The van der Waals surface area contributed by atoms with Crippen molar-refractivity contribution >= 4 is 23.3 Å². The Bertz CT molecular complexity index is 859. The molecule has 2 aliphatic rings. The van der Waals surface area contributed by atoms with Gasteiger partial charge in [0, 0.05) is 30.4 Å². The van der Waals surface area contributed by atoms with Crippen molar-refractivity contribution in [3.8, 4) is 5.75 Å². The van der Waals surface area contributed by atoms with Crippen LogP contribution in [0.2, 0.25) is 0 Å². The normalized spacial score (nSPS) is 15.7. The third kappa shape index (κ3) is 4.05. The Labute approximate surface area is 158 Å². The van der Waals surface area contributed by atoms with Gasteiger partial charge in [0.25, 0.3) is 0 Å². The molecule has 27 heavy (non-hydrogen) atoms. The highest BCUT2D eigenvalue weighted by molar-refractivity contribution is 5.99. The van der Waals surface area contributed by atoms with Gasteiger partial charge >= 0.3 is 6.03 Å². The third-order valence-electron chi connectivity index (χ3n) is 5.06. The van der Waals surface area contributed by atoms with E-state index >= 15 is 0 Å². The molecule has 6 nitrogen and oxygen atoms in total. The molecule has 140 valence electrons. The number of hydrogen-bond acceptors (Lipinski definition) is 3. The molecular formula is C21H23N3O3. The number of anilines is 2. The number of methoxy groups -OCH3 is 1. The van der Waals surface area contributed by atoms with E-state index in [1.54, 1.807) is 31.4 Å². The standard InChI is InChI=1S/C21H23N3O3/c1-27-19-8-6-17(7-9-19)22-21(26)23-18-5-4-14-10-11-24(13-16(14)12-18)20(25)15-2-3-15/h4-9,12,15H,2-3,10-11,13H2,1H3,(H2,22,23,26). The largest absolute Gasteiger partial charge is 0.497 e. The van der Waals surface area contributed by atoms with Crippen LogP contribution in [-0.2, 0) is 17.8 Å². The molecule has 0 atom stereocenters. The number of nitrogens with zero attached hydrogens (tertiary/aromatic N) is 1. The number of carbonyl (C=O) groups is 2. The minimum absolute atomic E-state index is 0.239. The molecule has 1 aliphatic carbocycles. The lowest BCUT2D eigenvalue weighted by atomic mass is 9.98. The van der Waals surface area contributed by atoms with Crippen LogP contribution >= 0.6 is 0 Å². The van der Waals surface area contributed by atoms with Crippen molar-refractivity contribution < 1.29 is 14.3 Å². The van der Waals surface area contributed by atoms with Crippen molar-refractivity contribution in [1.82, 2.24) is 4.90 Å². The van der Waals surface area contributed by atoms with E-state index in [-0.39, 0.29) is 17.9 Å². The zero-order valence-electron chi connectivity index (χ0n) is 15.3. The van der Waals surface area contributed by atoms with E-state index in [9.17, 15) is 9.59 Å². The van der Waals surface area contributed by atoms with Gasteiger partial charge in [0.2, 0.25) is 5.91 Å². The Morgan fingerprint density at radius 3 is 2.41 bits per heavy atom. The van der Waals surface area contributed by atoms with Gasteiger partial charge in [-0.3, -0.25) is 4.79 Å². The number of carbonyl (C=O) groups excluding carboxylic acids is 2. The first-order valence-electron chi connectivity index (χ1n) is 9.25. The number of ether oxygens (including phenoxy) is 1. The second-order valence-corrected chi connectivity index (χ2v) is 7.08. The molecule has 0 aromatic heterocycles. The summed E-state index contributed by atoms with van der Waals surface area (Å²) in [6.07, 6.45) is 2.91. The van der Waals surface area contributed by atoms with Crippen molar-refractivity contribution in [1.29, 1.82) is 0 Å². The summed E-state index contributed by atoms with van der Waals surface area (Å²) in [4.78, 5) is 26.5. The van der Waals surface area contributed by atoms with Gasteiger partial charge in [-0.2, -0.15) is 0 Å². The minimum atomic E-state index is -0.304. The van der Waals surface area contributed by atoms with Gasteiger partial charge in [-0.05, 0) is 66.8 Å². The van der Waals surface area contributed by atoms with Crippen molar-refractivity contribution in [2.24, 2.45) is 5.92 Å². The number of nitrogens with one attached hydrogen (secondary N) is 2. The highest BCUT2D eigenvalue weighted by atomic mass is 16.5. The molecule has 1 heterocycles. The van der Waals surface area contributed by atoms with Crippen LogP contribution in [0.5, 0.6) is 5.75 Å². The zero-order chi connectivity index (χ0) is 18.8. The molecule has 2 aromatic carbocycles. The van der Waals surface area contributed by atoms with E-state index in [2.05, 4.69) is 10.6 Å². The SMILES string of the molecule is COc1ccc(NC(=O)Nc2ccc3c(c2)CN(C(=O)C2CC2)CC3)cc1. The van der Waals surface area contributed by atoms with Gasteiger partial charge in [-0.15, -0.1) is 0 Å². The summed E-state index contributed by atoms with van der Waals surface area (Å²) in [6, 6.07) is 12.8. The Hall–Kier alpha value is -3.02. The van der Waals surface area contributed by atoms with Crippen LogP contribution in [0.25, 0.3) is 0 Å². The average molecular weight is 365 g/mol. The fraction of sp³-hybridized carbons (Fsp3) is 0.333. The van der Waals surface area contributed by atoms with E-state index in [0.717, 1.165) is 42.8 Å². The number of benzene rings is 2. The van der Waals surface area contributed by atoms with Crippen LogP contribution in [0.15, 0.2) is 42.5 Å². The Balaban J connectivity index is 1.40. The van der Waals surface area contributed by atoms with E-state index in [4.69, 9.17) is 4.74 Å². The zero-order valence-corrected chi connectivity index (χ0v) is 15.3. The molecule has 2 N–H and O–H groups in total. The average Bonchev–Trinajstić information content (AvgIpc) is 3.52. The smallest absolute Gasteiger partial charge is 0.323 e. The lowest BCUT2D eigenvalue weighted by molar-refractivity contribution is -0.133. The van der Waals surface area contributed by atoms with Gasteiger partial charge in [-0.1, -0.05) is 6.07 Å². The first-order valence-corrected chi connectivity index (χ1v) is 9.25. The van der Waals surface area contributed by atoms with E-state index in [1.807, 2.05) is 23.1 Å². The molecule has 3 amide bonds. The first kappa shape index (κ1) is 17.4. The van der Waals surface area contributed by atoms with E-state index in [1.165, 1.54) is 5.56 Å². The monoisotopic (exact) mass is 365 g/mol. The molecule has 0 bridgehead atoms. The van der Waals surface area contributed by atoms with Crippen LogP contribution in [-0.4, -0.2) is 30.5 Å². The maximum absolute atomic E-state index is 12.3. The molecule has 0 saturated heterocycles. The molecular weight excluding hydrogens is 342 g/mol. The van der Waals surface area contributed by atoms with Crippen LogP contribution in [0.4, 0.5) is 16.2 Å². The molecule has 0 radical (unpaired) electrons. The van der Waals surface area contributed by atoms with Gasteiger partial charge in [0.1, 0.15) is 5.75 Å². The highest BCUT2D eigenvalue weighted by Crippen LogP contribution is 2.33. The fourth-order valence-electron chi connectivity index (χ4n) is 3.38. The maximum atomic E-state index is 12.3. The molecule has 6 heteroatoms. The van der Waals surface area contributed by atoms with Crippen LogP contribution in [0, 0.1) is 5.92 Å². The van der Waals surface area contributed by atoms with E-state index in [0.29, 0.717) is 12.2 Å². The third-order valence-corrected chi connectivity index (χ3v) is 5.06. The molecule has 0 spiro atoms. The predicted octanol–water partition coefficient (Wildman–Crippen LogP) is 3.63. The summed E-state index contributed by atoms with van der Waals surface area (Å²) >= 11 is 0. The Kier molecular flexibility index (Phi) is 4.71. The Morgan fingerprint density at radius 2 is 1.70 bits per heavy atom. The number of rotatable bonds is 4. The molecule has 1 fully saturated rings. The van der Waals surface area contributed by atoms with Gasteiger partial charge in [0.05, 0.1) is 7.11 Å². The summed E-state index contributed by atoms with van der Waals surface area (Å²) in [5, 5.41) is 5.67. The van der Waals surface area contributed by atoms with Crippen LogP contribution in [0.3, 0.4) is 0 Å². The predicted molar refractivity (Wildman–Crippen MR) is 104 cm³/mol. The summed E-state index contributed by atoms with van der Waals surface area (Å²) in [5.74, 6) is 1.25. The van der Waals surface area contributed by atoms with Gasteiger partial charge in [-0.25, -0.2) is 4.79 Å². The number of fused-ring (bicyclic) bond motifs is 1.